The number of nitrogens with zero attached hydrogens (tertiary/aromatic N) is 1. The van der Waals surface area contributed by atoms with E-state index in [9.17, 15) is 4.79 Å². The highest BCUT2D eigenvalue weighted by Crippen LogP contribution is 2.21. The lowest BCUT2D eigenvalue weighted by atomic mass is 10.2. The molecule has 20 heavy (non-hydrogen) atoms. The van der Waals surface area contributed by atoms with Gasteiger partial charge in [0.2, 0.25) is 5.91 Å². The van der Waals surface area contributed by atoms with Crippen molar-refractivity contribution in [2.75, 3.05) is 18.4 Å². The Bertz CT molecular complexity index is 479. The van der Waals surface area contributed by atoms with Crippen molar-refractivity contribution >= 4 is 44.7 Å². The highest BCUT2D eigenvalue weighted by Gasteiger charge is 2.14. The summed E-state index contributed by atoms with van der Waals surface area (Å²) in [6, 6.07) is 7.80. The molecule has 1 amide bonds. The fourth-order valence-corrected chi connectivity index (χ4v) is 2.19. The van der Waals surface area contributed by atoms with Crippen LogP contribution in [0.25, 0.3) is 0 Å². The number of nitrogens with one attached hydrogen (secondary N) is 1. The predicted octanol–water partition coefficient (Wildman–Crippen LogP) is 2.77. The molecule has 0 fully saturated rings. The minimum atomic E-state index is -0.0476. The Morgan fingerprint density at radius 3 is 2.65 bits per heavy atom. The largest absolute Gasteiger partial charge is 0.393 e. The van der Waals surface area contributed by atoms with E-state index in [2.05, 4.69) is 21.2 Å². The SMILES string of the molecule is CC(C)N(CCC(N)=S)CC(=O)Nc1ccccc1Br. The van der Waals surface area contributed by atoms with Crippen LogP contribution in [0.2, 0.25) is 0 Å². The third-order valence-corrected chi connectivity index (χ3v) is 3.77. The van der Waals surface area contributed by atoms with Crippen LogP contribution in [-0.4, -0.2) is 34.9 Å². The Morgan fingerprint density at radius 2 is 2.10 bits per heavy atom. The van der Waals surface area contributed by atoms with Gasteiger partial charge in [-0.05, 0) is 41.9 Å². The van der Waals surface area contributed by atoms with Gasteiger partial charge in [0.1, 0.15) is 0 Å². The zero-order chi connectivity index (χ0) is 15.1. The Hall–Kier alpha value is -0.980. The summed E-state index contributed by atoms with van der Waals surface area (Å²) in [5, 5.41) is 2.89. The summed E-state index contributed by atoms with van der Waals surface area (Å²) >= 11 is 8.29. The quantitative estimate of drug-likeness (QED) is 0.736. The third kappa shape index (κ3) is 5.98. The number of hydrogen-bond acceptors (Lipinski definition) is 3. The van der Waals surface area contributed by atoms with E-state index >= 15 is 0 Å². The molecule has 0 spiro atoms. The molecule has 4 nitrogen and oxygen atoms in total. The molecule has 110 valence electrons. The highest BCUT2D eigenvalue weighted by atomic mass is 79.9. The van der Waals surface area contributed by atoms with Crippen LogP contribution >= 0.6 is 28.1 Å². The van der Waals surface area contributed by atoms with Crippen molar-refractivity contribution in [1.82, 2.24) is 4.90 Å². The summed E-state index contributed by atoms with van der Waals surface area (Å²) in [7, 11) is 0. The molecule has 3 N–H and O–H groups in total. The second-order valence-electron chi connectivity index (χ2n) is 4.81. The molecule has 0 aromatic heterocycles. The molecule has 0 aliphatic heterocycles. The van der Waals surface area contributed by atoms with Crippen LogP contribution in [0.1, 0.15) is 20.3 Å². The van der Waals surface area contributed by atoms with Crippen LogP contribution in [0.5, 0.6) is 0 Å². The van der Waals surface area contributed by atoms with Crippen molar-refractivity contribution < 1.29 is 4.79 Å². The molecular weight excluding hydrogens is 338 g/mol. The maximum absolute atomic E-state index is 12.1. The van der Waals surface area contributed by atoms with Gasteiger partial charge in [0.15, 0.2) is 0 Å². The minimum Gasteiger partial charge on any atom is -0.393 e. The first-order valence-electron chi connectivity index (χ1n) is 6.47. The summed E-state index contributed by atoms with van der Waals surface area (Å²) in [5.41, 5.74) is 6.29. The van der Waals surface area contributed by atoms with Gasteiger partial charge >= 0.3 is 0 Å². The van der Waals surface area contributed by atoms with Gasteiger partial charge in [0.25, 0.3) is 0 Å². The lowest BCUT2D eigenvalue weighted by Crippen LogP contribution is -2.39. The Labute approximate surface area is 133 Å². The zero-order valence-electron chi connectivity index (χ0n) is 11.7. The maximum atomic E-state index is 12.1. The fraction of sp³-hybridized carbons (Fsp3) is 0.429. The van der Waals surface area contributed by atoms with E-state index in [1.807, 2.05) is 43.0 Å². The van der Waals surface area contributed by atoms with Crippen LogP contribution in [0.3, 0.4) is 0 Å². The summed E-state index contributed by atoms with van der Waals surface area (Å²) in [5.74, 6) is -0.0476. The van der Waals surface area contributed by atoms with E-state index in [1.165, 1.54) is 0 Å². The molecule has 0 aliphatic carbocycles. The summed E-state index contributed by atoms with van der Waals surface area (Å²) in [6.45, 7) is 5.11. The van der Waals surface area contributed by atoms with Crippen molar-refractivity contribution in [2.45, 2.75) is 26.3 Å². The maximum Gasteiger partial charge on any atom is 0.238 e. The molecule has 0 heterocycles. The predicted molar refractivity (Wildman–Crippen MR) is 90.9 cm³/mol. The monoisotopic (exact) mass is 357 g/mol. The van der Waals surface area contributed by atoms with Gasteiger partial charge in [-0.25, -0.2) is 0 Å². The fourth-order valence-electron chi connectivity index (χ4n) is 1.71. The van der Waals surface area contributed by atoms with Gasteiger partial charge in [-0.2, -0.15) is 0 Å². The molecule has 6 heteroatoms. The Kier molecular flexibility index (Phi) is 7.12. The average Bonchev–Trinajstić information content (AvgIpc) is 2.36. The first-order valence-corrected chi connectivity index (χ1v) is 7.67. The van der Waals surface area contributed by atoms with Gasteiger partial charge in [0, 0.05) is 23.5 Å². The number of hydrogen-bond donors (Lipinski definition) is 2. The van der Waals surface area contributed by atoms with E-state index in [4.69, 9.17) is 18.0 Å². The molecule has 0 atom stereocenters. The van der Waals surface area contributed by atoms with Crippen LogP contribution < -0.4 is 11.1 Å². The van der Waals surface area contributed by atoms with E-state index in [1.54, 1.807) is 0 Å². The molecule has 1 aromatic rings. The number of carbonyl (C=O) groups is 1. The van der Waals surface area contributed by atoms with E-state index in [-0.39, 0.29) is 11.9 Å². The number of anilines is 1. The van der Waals surface area contributed by atoms with Crippen molar-refractivity contribution in [1.29, 1.82) is 0 Å². The number of halogens is 1. The number of thiocarbonyl (C=S) groups is 1. The second kappa shape index (κ2) is 8.34. The van der Waals surface area contributed by atoms with Crippen LogP contribution in [0, 0.1) is 0 Å². The Morgan fingerprint density at radius 1 is 1.45 bits per heavy atom. The first kappa shape index (κ1) is 17.1. The molecule has 0 saturated carbocycles. The van der Waals surface area contributed by atoms with E-state index in [0.717, 1.165) is 10.2 Å². The summed E-state index contributed by atoms with van der Waals surface area (Å²) in [6.07, 6.45) is 0.621. The minimum absolute atomic E-state index is 0.0476. The van der Waals surface area contributed by atoms with E-state index in [0.29, 0.717) is 24.5 Å². The number of benzene rings is 1. The van der Waals surface area contributed by atoms with Gasteiger partial charge in [-0.1, -0.05) is 24.4 Å². The summed E-state index contributed by atoms with van der Waals surface area (Å²) in [4.78, 5) is 14.6. The van der Waals surface area contributed by atoms with Gasteiger partial charge in [-0.3, -0.25) is 9.69 Å². The van der Waals surface area contributed by atoms with E-state index < -0.39 is 0 Å². The number of rotatable bonds is 7. The second-order valence-corrected chi connectivity index (χ2v) is 6.19. The average molecular weight is 358 g/mol. The van der Waals surface area contributed by atoms with Crippen molar-refractivity contribution in [3.05, 3.63) is 28.7 Å². The molecule has 0 saturated heterocycles. The van der Waals surface area contributed by atoms with Crippen molar-refractivity contribution in [2.24, 2.45) is 5.73 Å². The normalized spacial score (nSPS) is 10.8. The topological polar surface area (TPSA) is 58.4 Å². The Balaban J connectivity index is 2.58. The molecule has 1 rings (SSSR count). The lowest BCUT2D eigenvalue weighted by Gasteiger charge is -2.25. The van der Waals surface area contributed by atoms with Crippen molar-refractivity contribution in [3.63, 3.8) is 0 Å². The lowest BCUT2D eigenvalue weighted by molar-refractivity contribution is -0.117. The number of carbonyl (C=O) groups excluding carboxylic acids is 1. The molecule has 0 radical (unpaired) electrons. The van der Waals surface area contributed by atoms with Crippen molar-refractivity contribution in [3.8, 4) is 0 Å². The number of nitrogens with two attached hydrogens (primary N) is 1. The van der Waals surface area contributed by atoms with Gasteiger partial charge < -0.3 is 11.1 Å². The third-order valence-electron chi connectivity index (χ3n) is 2.87. The summed E-state index contributed by atoms with van der Waals surface area (Å²) < 4.78 is 0.868. The van der Waals surface area contributed by atoms with Gasteiger partial charge in [0.05, 0.1) is 17.2 Å². The number of para-hydroxylation sites is 1. The molecule has 0 bridgehead atoms. The van der Waals surface area contributed by atoms with Gasteiger partial charge in [-0.15, -0.1) is 0 Å². The van der Waals surface area contributed by atoms with Crippen LogP contribution in [0.15, 0.2) is 28.7 Å². The highest BCUT2D eigenvalue weighted by molar-refractivity contribution is 9.10. The smallest absolute Gasteiger partial charge is 0.238 e. The first-order chi connectivity index (χ1) is 9.40. The molecule has 0 unspecified atom stereocenters. The molecule has 1 aromatic carbocycles. The molecule has 0 aliphatic rings. The van der Waals surface area contributed by atoms with Crippen LogP contribution in [-0.2, 0) is 4.79 Å². The zero-order valence-corrected chi connectivity index (χ0v) is 14.1. The number of amides is 1. The van der Waals surface area contributed by atoms with Crippen LogP contribution in [0.4, 0.5) is 5.69 Å². The molecular formula is C14H20BrN3OS. The standard InChI is InChI=1S/C14H20BrN3OS/c1-10(2)18(8-7-13(16)20)9-14(19)17-12-6-4-3-5-11(12)15/h3-6,10H,7-9H2,1-2H3,(H2,16,20)(H,17,19).